The van der Waals surface area contributed by atoms with Crippen molar-refractivity contribution in [2.45, 2.75) is 25.9 Å². The van der Waals surface area contributed by atoms with Gasteiger partial charge in [-0.15, -0.1) is 0 Å². The Morgan fingerprint density at radius 1 is 1.45 bits per heavy atom. The van der Waals surface area contributed by atoms with E-state index in [9.17, 15) is 28.1 Å². The van der Waals surface area contributed by atoms with Gasteiger partial charge in [0.1, 0.15) is 0 Å². The Bertz CT molecular complexity index is 578. The molecule has 22 heavy (non-hydrogen) atoms. The number of unbranched alkanes of at least 4 members (excludes halogenated alkanes) is 1. The third kappa shape index (κ3) is 4.86. The SMILES string of the molecule is CCCCOc1cc(Br)cc([N+](=O)[O-])c1NC(=O)C(F)(F)F. The minimum atomic E-state index is -5.17. The summed E-state index contributed by atoms with van der Waals surface area (Å²) in [6.07, 6.45) is -3.80. The van der Waals surface area contributed by atoms with Crippen molar-refractivity contribution in [1.82, 2.24) is 0 Å². The number of hydrogen-bond donors (Lipinski definition) is 1. The predicted molar refractivity (Wildman–Crippen MR) is 75.9 cm³/mol. The van der Waals surface area contributed by atoms with E-state index < -0.39 is 28.4 Å². The Morgan fingerprint density at radius 3 is 2.59 bits per heavy atom. The van der Waals surface area contributed by atoms with Gasteiger partial charge < -0.3 is 10.1 Å². The summed E-state index contributed by atoms with van der Waals surface area (Å²) in [7, 11) is 0. The fraction of sp³-hybridized carbons (Fsp3) is 0.417. The summed E-state index contributed by atoms with van der Waals surface area (Å²) in [6.45, 7) is 2.03. The molecule has 10 heteroatoms. The van der Waals surface area contributed by atoms with Gasteiger partial charge in [-0.25, -0.2) is 0 Å². The van der Waals surface area contributed by atoms with Crippen molar-refractivity contribution in [1.29, 1.82) is 0 Å². The van der Waals surface area contributed by atoms with E-state index in [-0.39, 0.29) is 16.8 Å². The largest absolute Gasteiger partial charge is 0.491 e. The number of nitro benzene ring substituents is 1. The molecule has 0 saturated heterocycles. The highest BCUT2D eigenvalue weighted by Crippen LogP contribution is 2.38. The molecule has 0 unspecified atom stereocenters. The number of benzene rings is 1. The monoisotopic (exact) mass is 384 g/mol. The number of alkyl halides is 3. The second-order valence-corrected chi connectivity index (χ2v) is 5.12. The zero-order valence-electron chi connectivity index (χ0n) is 11.4. The van der Waals surface area contributed by atoms with Crippen molar-refractivity contribution < 1.29 is 27.6 Å². The van der Waals surface area contributed by atoms with Crippen LogP contribution < -0.4 is 10.1 Å². The number of nitrogens with zero attached hydrogens (tertiary/aromatic N) is 1. The second kappa shape index (κ2) is 7.43. The lowest BCUT2D eigenvalue weighted by Crippen LogP contribution is -2.30. The molecule has 0 aliphatic heterocycles. The molecule has 1 amide bonds. The van der Waals surface area contributed by atoms with Crippen molar-refractivity contribution in [3.05, 3.63) is 26.7 Å². The molecular formula is C12H12BrF3N2O4. The summed E-state index contributed by atoms with van der Waals surface area (Å²) in [6, 6.07) is 2.24. The fourth-order valence-corrected chi connectivity index (χ4v) is 1.89. The lowest BCUT2D eigenvalue weighted by atomic mass is 10.2. The highest BCUT2D eigenvalue weighted by atomic mass is 79.9. The minimum Gasteiger partial charge on any atom is -0.491 e. The number of carbonyl (C=O) groups excluding carboxylic acids is 1. The third-order valence-corrected chi connectivity index (χ3v) is 2.95. The van der Waals surface area contributed by atoms with Crippen LogP contribution in [-0.4, -0.2) is 23.6 Å². The Kier molecular flexibility index (Phi) is 6.15. The van der Waals surface area contributed by atoms with Crippen molar-refractivity contribution >= 4 is 33.2 Å². The maximum atomic E-state index is 12.4. The second-order valence-electron chi connectivity index (χ2n) is 4.21. The molecule has 0 heterocycles. The van der Waals surface area contributed by atoms with Crippen molar-refractivity contribution in [2.24, 2.45) is 0 Å². The first-order valence-electron chi connectivity index (χ1n) is 6.15. The average molecular weight is 385 g/mol. The Balaban J connectivity index is 3.23. The highest BCUT2D eigenvalue weighted by Gasteiger charge is 2.40. The van der Waals surface area contributed by atoms with Crippen LogP contribution in [0.2, 0.25) is 0 Å². The van der Waals surface area contributed by atoms with Gasteiger partial charge in [0, 0.05) is 10.5 Å². The molecule has 0 radical (unpaired) electrons. The number of ether oxygens (including phenoxy) is 1. The van der Waals surface area contributed by atoms with Crippen LogP contribution in [0.4, 0.5) is 24.5 Å². The van der Waals surface area contributed by atoms with E-state index in [1.165, 1.54) is 11.4 Å². The van der Waals surface area contributed by atoms with E-state index >= 15 is 0 Å². The molecule has 122 valence electrons. The normalized spacial score (nSPS) is 11.1. The quantitative estimate of drug-likeness (QED) is 0.455. The van der Waals surface area contributed by atoms with Gasteiger partial charge >= 0.3 is 12.1 Å². The summed E-state index contributed by atoms with van der Waals surface area (Å²) in [4.78, 5) is 21.1. The molecule has 1 rings (SSSR count). The molecule has 0 spiro atoms. The van der Waals surface area contributed by atoms with Gasteiger partial charge in [-0.2, -0.15) is 13.2 Å². The zero-order valence-corrected chi connectivity index (χ0v) is 13.0. The predicted octanol–water partition coefficient (Wildman–Crippen LogP) is 4.04. The average Bonchev–Trinajstić information content (AvgIpc) is 2.39. The van der Waals surface area contributed by atoms with Crippen molar-refractivity contribution in [2.75, 3.05) is 11.9 Å². The molecule has 0 atom stereocenters. The third-order valence-electron chi connectivity index (χ3n) is 2.49. The van der Waals surface area contributed by atoms with Gasteiger partial charge in [0.2, 0.25) is 0 Å². The summed E-state index contributed by atoms with van der Waals surface area (Å²) in [5, 5.41) is 12.5. The molecule has 0 aliphatic rings. The van der Waals surface area contributed by atoms with Crippen molar-refractivity contribution in [3.8, 4) is 5.75 Å². The summed E-state index contributed by atoms with van der Waals surface area (Å²) in [5.41, 5.74) is -1.31. The van der Waals surface area contributed by atoms with Gasteiger partial charge in [-0.1, -0.05) is 29.3 Å². The molecular weight excluding hydrogens is 373 g/mol. The molecule has 1 aromatic rings. The summed E-state index contributed by atoms with van der Waals surface area (Å²) >= 11 is 3.01. The van der Waals surface area contributed by atoms with E-state index in [1.54, 1.807) is 0 Å². The van der Waals surface area contributed by atoms with E-state index in [0.717, 1.165) is 12.5 Å². The number of nitrogens with one attached hydrogen (secondary N) is 1. The standard InChI is InChI=1S/C12H12BrF3N2O4/c1-2-3-4-22-9-6-7(13)5-8(18(20)21)10(9)17-11(19)12(14,15)16/h5-6H,2-4H2,1H3,(H,17,19). The first-order chi connectivity index (χ1) is 10.2. The minimum absolute atomic E-state index is 0.152. The Hall–Kier alpha value is -1.84. The van der Waals surface area contributed by atoms with Gasteiger partial charge in [0.25, 0.3) is 5.69 Å². The fourth-order valence-electron chi connectivity index (χ4n) is 1.46. The van der Waals surface area contributed by atoms with Gasteiger partial charge in [0.05, 0.1) is 11.5 Å². The van der Waals surface area contributed by atoms with Gasteiger partial charge in [-0.05, 0) is 12.5 Å². The Morgan fingerprint density at radius 2 is 2.09 bits per heavy atom. The van der Waals surface area contributed by atoms with E-state index in [0.29, 0.717) is 6.42 Å². The van der Waals surface area contributed by atoms with Crippen LogP contribution >= 0.6 is 15.9 Å². The summed E-state index contributed by atoms with van der Waals surface area (Å²) < 4.78 is 42.6. The number of hydrogen-bond acceptors (Lipinski definition) is 4. The zero-order chi connectivity index (χ0) is 16.9. The number of halogens is 4. The van der Waals surface area contributed by atoms with Gasteiger partial charge in [-0.3, -0.25) is 14.9 Å². The molecule has 1 aromatic carbocycles. The van der Waals surface area contributed by atoms with Crippen LogP contribution in [0, 0.1) is 10.1 Å². The number of amides is 1. The number of rotatable bonds is 6. The molecule has 0 fully saturated rings. The lowest BCUT2D eigenvalue weighted by molar-refractivity contribution is -0.384. The number of anilines is 1. The highest BCUT2D eigenvalue weighted by molar-refractivity contribution is 9.10. The van der Waals surface area contributed by atoms with Crippen LogP contribution in [0.3, 0.4) is 0 Å². The van der Waals surface area contributed by atoms with E-state index in [1.807, 2.05) is 6.92 Å². The maximum Gasteiger partial charge on any atom is 0.471 e. The Labute approximate surface area is 131 Å². The van der Waals surface area contributed by atoms with Crippen LogP contribution in [0.1, 0.15) is 19.8 Å². The topological polar surface area (TPSA) is 81.5 Å². The number of carbonyl (C=O) groups is 1. The van der Waals surface area contributed by atoms with E-state index in [4.69, 9.17) is 4.74 Å². The van der Waals surface area contributed by atoms with Crippen molar-refractivity contribution in [3.63, 3.8) is 0 Å². The van der Waals surface area contributed by atoms with Crippen LogP contribution in [0.15, 0.2) is 16.6 Å². The van der Waals surface area contributed by atoms with Gasteiger partial charge in [0.15, 0.2) is 11.4 Å². The summed E-state index contributed by atoms with van der Waals surface area (Å²) in [5.74, 6) is -2.51. The molecule has 0 saturated carbocycles. The lowest BCUT2D eigenvalue weighted by Gasteiger charge is -2.14. The van der Waals surface area contributed by atoms with Crippen LogP contribution in [-0.2, 0) is 4.79 Å². The molecule has 0 aliphatic carbocycles. The molecule has 0 aromatic heterocycles. The molecule has 6 nitrogen and oxygen atoms in total. The molecule has 1 N–H and O–H groups in total. The first-order valence-corrected chi connectivity index (χ1v) is 6.95. The smallest absolute Gasteiger partial charge is 0.471 e. The maximum absolute atomic E-state index is 12.4. The van der Waals surface area contributed by atoms with Crippen LogP contribution in [0.5, 0.6) is 5.75 Å². The number of nitro groups is 1. The van der Waals surface area contributed by atoms with E-state index in [2.05, 4.69) is 15.9 Å². The molecule has 0 bridgehead atoms. The van der Waals surface area contributed by atoms with Crippen LogP contribution in [0.25, 0.3) is 0 Å². The first kappa shape index (κ1) is 18.2.